The molecule has 0 heterocycles. The molecule has 0 aliphatic heterocycles. The summed E-state index contributed by atoms with van der Waals surface area (Å²) in [5.74, 6) is -0.888. The van der Waals surface area contributed by atoms with Crippen LogP contribution in [0.1, 0.15) is 310 Å². The van der Waals surface area contributed by atoms with Crippen molar-refractivity contribution in [1.82, 2.24) is 0 Å². The first-order valence-electron chi connectivity index (χ1n) is 32.9. The van der Waals surface area contributed by atoms with E-state index in [1.54, 1.807) is 0 Å². The van der Waals surface area contributed by atoms with Gasteiger partial charge in [-0.3, -0.25) is 14.4 Å². The lowest BCUT2D eigenvalue weighted by molar-refractivity contribution is -0.167. The van der Waals surface area contributed by atoms with Crippen LogP contribution in [0.25, 0.3) is 0 Å². The second-order valence-corrected chi connectivity index (χ2v) is 21.6. The van der Waals surface area contributed by atoms with Crippen LogP contribution in [-0.2, 0) is 28.6 Å². The quantitative estimate of drug-likeness (QED) is 0.0261. The number of esters is 3. The maximum absolute atomic E-state index is 12.9. The molecule has 0 saturated carbocycles. The number of ether oxygens (including phenoxy) is 3. The minimum atomic E-state index is -0.782. The maximum atomic E-state index is 12.9. The lowest BCUT2D eigenvalue weighted by Gasteiger charge is -2.18. The number of hydrogen-bond acceptors (Lipinski definition) is 6. The van der Waals surface area contributed by atoms with Crippen molar-refractivity contribution in [2.45, 2.75) is 316 Å². The number of hydrogen-bond donors (Lipinski definition) is 0. The van der Waals surface area contributed by atoms with Gasteiger partial charge in [-0.1, -0.05) is 291 Å². The highest BCUT2D eigenvalue weighted by Crippen LogP contribution is 2.16. The molecule has 0 rings (SSSR count). The molecule has 0 aromatic rings. The largest absolute Gasteiger partial charge is 0.462 e. The van der Waals surface area contributed by atoms with Crippen molar-refractivity contribution >= 4 is 17.9 Å². The summed E-state index contributed by atoms with van der Waals surface area (Å²) in [5.41, 5.74) is 0. The van der Waals surface area contributed by atoms with Crippen LogP contribution in [0.5, 0.6) is 0 Å². The molecule has 0 spiro atoms. The van der Waals surface area contributed by atoms with Gasteiger partial charge in [-0.2, -0.15) is 0 Å². The number of carbonyl (C=O) groups excluding carboxylic acids is 3. The highest BCUT2D eigenvalue weighted by molar-refractivity contribution is 5.71. The van der Waals surface area contributed by atoms with Crippen LogP contribution in [0.15, 0.2) is 109 Å². The zero-order valence-corrected chi connectivity index (χ0v) is 51.2. The van der Waals surface area contributed by atoms with Gasteiger partial charge in [0.1, 0.15) is 13.2 Å². The Kier molecular flexibility index (Phi) is 62.3. The highest BCUT2D eigenvalue weighted by Gasteiger charge is 2.19. The molecule has 1 atom stereocenters. The summed E-state index contributed by atoms with van der Waals surface area (Å²) in [6, 6.07) is 0. The minimum absolute atomic E-state index is 0.0798. The van der Waals surface area contributed by atoms with Gasteiger partial charge >= 0.3 is 17.9 Å². The number of allylic oxidation sites excluding steroid dienone is 18. The number of unbranched alkanes of at least 4 members (excludes halogenated alkanes) is 30. The molecule has 0 aliphatic carbocycles. The zero-order valence-electron chi connectivity index (χ0n) is 51.2. The fraction of sp³-hybridized carbons (Fsp3) is 0.708. The van der Waals surface area contributed by atoms with Crippen LogP contribution in [0.4, 0.5) is 0 Å². The summed E-state index contributed by atoms with van der Waals surface area (Å²) >= 11 is 0. The lowest BCUT2D eigenvalue weighted by atomic mass is 10.1. The van der Waals surface area contributed by atoms with Gasteiger partial charge in [0, 0.05) is 19.3 Å². The molecule has 1 unspecified atom stereocenters. The predicted octanol–water partition coefficient (Wildman–Crippen LogP) is 22.6. The van der Waals surface area contributed by atoms with Gasteiger partial charge in [0.05, 0.1) is 0 Å². The van der Waals surface area contributed by atoms with E-state index in [1.165, 1.54) is 154 Å². The maximum Gasteiger partial charge on any atom is 0.306 e. The van der Waals surface area contributed by atoms with E-state index in [0.717, 1.165) is 116 Å². The Morgan fingerprint density at radius 2 is 0.500 bits per heavy atom. The van der Waals surface area contributed by atoms with Crippen molar-refractivity contribution in [3.63, 3.8) is 0 Å². The monoisotopic (exact) mass is 1080 g/mol. The van der Waals surface area contributed by atoms with E-state index in [9.17, 15) is 14.4 Å². The van der Waals surface area contributed by atoms with Crippen LogP contribution >= 0.6 is 0 Å². The molecule has 446 valence electrons. The summed E-state index contributed by atoms with van der Waals surface area (Å²) < 4.78 is 16.9. The average Bonchev–Trinajstić information content (AvgIpc) is 3.44. The summed E-state index contributed by atoms with van der Waals surface area (Å²) in [4.78, 5) is 38.2. The average molecular weight is 1080 g/mol. The number of rotatable bonds is 59. The second kappa shape index (κ2) is 65.6. The Bertz CT molecular complexity index is 1570. The van der Waals surface area contributed by atoms with E-state index < -0.39 is 6.10 Å². The summed E-state index contributed by atoms with van der Waals surface area (Å²) in [7, 11) is 0. The lowest BCUT2D eigenvalue weighted by Crippen LogP contribution is -2.30. The molecule has 0 N–H and O–H groups in total. The SMILES string of the molecule is CC/C=C\C/C=C\C/C=C\C/C=C\C/C=C\C/C=C\C/C=C\C/C=C\CCCCCCCCCCC(=O)OCC(COC(=O)CCCCCCCCCCC)OC(=O)CCCCCCCCC/C=C\CCCCCCCCC. The van der Waals surface area contributed by atoms with Crippen LogP contribution < -0.4 is 0 Å². The third-order valence-corrected chi connectivity index (χ3v) is 14.0. The first-order chi connectivity index (χ1) is 38.5. The molecule has 0 aromatic carbocycles. The van der Waals surface area contributed by atoms with Gasteiger partial charge in [0.15, 0.2) is 6.10 Å². The van der Waals surface area contributed by atoms with Gasteiger partial charge in [-0.25, -0.2) is 0 Å². The van der Waals surface area contributed by atoms with Crippen molar-refractivity contribution in [2.75, 3.05) is 13.2 Å². The first kappa shape index (κ1) is 74.1. The van der Waals surface area contributed by atoms with Crippen LogP contribution in [0, 0.1) is 0 Å². The summed E-state index contributed by atoms with van der Waals surface area (Å²) in [5, 5.41) is 0. The fourth-order valence-electron chi connectivity index (χ4n) is 9.10. The van der Waals surface area contributed by atoms with Crippen molar-refractivity contribution < 1.29 is 28.6 Å². The molecular weight excluding hydrogens is 961 g/mol. The third kappa shape index (κ3) is 62.9. The number of carbonyl (C=O) groups is 3. The van der Waals surface area contributed by atoms with Crippen molar-refractivity contribution in [2.24, 2.45) is 0 Å². The van der Waals surface area contributed by atoms with E-state index in [4.69, 9.17) is 14.2 Å². The molecule has 0 radical (unpaired) electrons. The van der Waals surface area contributed by atoms with Gasteiger partial charge in [0.2, 0.25) is 0 Å². The van der Waals surface area contributed by atoms with E-state index in [-0.39, 0.29) is 31.1 Å². The van der Waals surface area contributed by atoms with Crippen molar-refractivity contribution in [1.29, 1.82) is 0 Å². The minimum Gasteiger partial charge on any atom is -0.462 e. The molecule has 0 saturated heterocycles. The third-order valence-electron chi connectivity index (χ3n) is 14.0. The highest BCUT2D eigenvalue weighted by atomic mass is 16.6. The van der Waals surface area contributed by atoms with Gasteiger partial charge in [0.25, 0.3) is 0 Å². The van der Waals surface area contributed by atoms with E-state index in [2.05, 4.69) is 130 Å². The van der Waals surface area contributed by atoms with Gasteiger partial charge < -0.3 is 14.2 Å². The fourth-order valence-corrected chi connectivity index (χ4v) is 9.10. The Balaban J connectivity index is 4.20. The Morgan fingerprint density at radius 1 is 0.269 bits per heavy atom. The Labute approximate surface area is 482 Å². The second-order valence-electron chi connectivity index (χ2n) is 21.6. The molecule has 6 nitrogen and oxygen atoms in total. The van der Waals surface area contributed by atoms with Crippen molar-refractivity contribution in [3.8, 4) is 0 Å². The molecule has 0 aliphatic rings. The zero-order chi connectivity index (χ0) is 56.4. The molecule has 78 heavy (non-hydrogen) atoms. The molecule has 6 heteroatoms. The van der Waals surface area contributed by atoms with E-state index in [1.807, 2.05) is 0 Å². The summed E-state index contributed by atoms with van der Waals surface area (Å²) in [6.07, 6.45) is 89.7. The van der Waals surface area contributed by atoms with Crippen molar-refractivity contribution in [3.05, 3.63) is 109 Å². The van der Waals surface area contributed by atoms with Crippen LogP contribution in [0.3, 0.4) is 0 Å². The van der Waals surface area contributed by atoms with Crippen LogP contribution in [-0.4, -0.2) is 37.2 Å². The Hall–Kier alpha value is -3.93. The first-order valence-corrected chi connectivity index (χ1v) is 32.9. The van der Waals surface area contributed by atoms with Gasteiger partial charge in [-0.15, -0.1) is 0 Å². The molecule has 0 amide bonds. The molecular formula is C72H122O6. The van der Waals surface area contributed by atoms with Crippen LogP contribution in [0.2, 0.25) is 0 Å². The standard InChI is InChI=1S/C72H122O6/c1-4-7-10-13-16-19-21-23-25-27-29-30-31-32-33-34-35-36-37-38-39-40-41-42-43-45-46-48-50-53-56-59-62-65-71(74)77-68-69(67-76-70(73)64-61-58-55-52-18-15-12-9-6-3)78-72(75)66-63-60-57-54-51-49-47-44-28-26-24-22-20-17-14-11-8-5-2/h7,10,16,19,23,25-26,28-30,32-33,35-36,38-39,41-42,69H,4-6,8-9,11-15,17-18,20-22,24,27,31,34,37,40,43-68H2,1-3H3/b10-7-,19-16-,25-23-,28-26-,30-29-,33-32-,36-35-,39-38-,42-41-. The normalized spacial score (nSPS) is 12.8. The smallest absolute Gasteiger partial charge is 0.306 e. The molecule has 0 fully saturated rings. The van der Waals surface area contributed by atoms with E-state index >= 15 is 0 Å². The topological polar surface area (TPSA) is 78.9 Å². The summed E-state index contributed by atoms with van der Waals surface area (Å²) in [6.45, 7) is 6.51. The Morgan fingerprint density at radius 3 is 0.795 bits per heavy atom. The molecule has 0 aromatic heterocycles. The predicted molar refractivity (Wildman–Crippen MR) is 339 cm³/mol. The van der Waals surface area contributed by atoms with E-state index in [0.29, 0.717) is 19.3 Å². The molecule has 0 bridgehead atoms. The van der Waals surface area contributed by atoms with Gasteiger partial charge in [-0.05, 0) is 109 Å².